The maximum absolute atomic E-state index is 5.75. The SMILES string of the molecule is COCc1c(CN)sc2c(OC)cccc12. The number of methoxy groups -OCH3 is 2. The molecule has 0 aliphatic rings. The van der Waals surface area contributed by atoms with Crippen LogP contribution in [0.5, 0.6) is 5.75 Å². The molecule has 1 heterocycles. The van der Waals surface area contributed by atoms with Crippen molar-refractivity contribution in [3.8, 4) is 5.75 Å². The lowest BCUT2D eigenvalue weighted by Gasteiger charge is -2.02. The summed E-state index contributed by atoms with van der Waals surface area (Å²) in [5.41, 5.74) is 6.93. The summed E-state index contributed by atoms with van der Waals surface area (Å²) in [5.74, 6) is 0.902. The number of hydrogen-bond acceptors (Lipinski definition) is 4. The van der Waals surface area contributed by atoms with Crippen LogP contribution in [0.1, 0.15) is 10.4 Å². The van der Waals surface area contributed by atoms with Gasteiger partial charge in [-0.05, 0) is 6.07 Å². The van der Waals surface area contributed by atoms with Crippen LogP contribution >= 0.6 is 11.3 Å². The molecule has 0 spiro atoms. The molecule has 4 heteroatoms. The van der Waals surface area contributed by atoms with E-state index in [1.54, 1.807) is 25.6 Å². The Labute approximate surface area is 98.8 Å². The maximum atomic E-state index is 5.75. The molecule has 86 valence electrons. The third-order valence-electron chi connectivity index (χ3n) is 2.56. The molecule has 0 atom stereocenters. The Morgan fingerprint density at radius 3 is 2.75 bits per heavy atom. The van der Waals surface area contributed by atoms with Gasteiger partial charge in [0.05, 0.1) is 18.4 Å². The van der Waals surface area contributed by atoms with Gasteiger partial charge in [-0.25, -0.2) is 0 Å². The number of benzene rings is 1. The summed E-state index contributed by atoms with van der Waals surface area (Å²) in [6.45, 7) is 1.14. The van der Waals surface area contributed by atoms with E-state index in [9.17, 15) is 0 Å². The Hall–Kier alpha value is -1.10. The Kier molecular flexibility index (Phi) is 3.43. The molecule has 2 rings (SSSR count). The molecule has 0 unspecified atom stereocenters. The highest BCUT2D eigenvalue weighted by Gasteiger charge is 2.13. The fourth-order valence-corrected chi connectivity index (χ4v) is 3.00. The summed E-state index contributed by atoms with van der Waals surface area (Å²) in [6.07, 6.45) is 0. The molecule has 1 aromatic heterocycles. The normalized spacial score (nSPS) is 10.9. The first-order chi connectivity index (χ1) is 7.81. The summed E-state index contributed by atoms with van der Waals surface area (Å²) in [6, 6.07) is 6.05. The van der Waals surface area contributed by atoms with Crippen LogP contribution in [-0.4, -0.2) is 14.2 Å². The molecule has 0 amide bonds. The average Bonchev–Trinajstić information content (AvgIpc) is 2.68. The van der Waals surface area contributed by atoms with Crippen molar-refractivity contribution in [2.45, 2.75) is 13.2 Å². The van der Waals surface area contributed by atoms with E-state index in [0.717, 1.165) is 10.4 Å². The minimum atomic E-state index is 0.543. The van der Waals surface area contributed by atoms with E-state index >= 15 is 0 Å². The molecule has 0 fully saturated rings. The van der Waals surface area contributed by atoms with E-state index < -0.39 is 0 Å². The number of fused-ring (bicyclic) bond motifs is 1. The highest BCUT2D eigenvalue weighted by atomic mass is 32.1. The molecule has 0 saturated carbocycles. The van der Waals surface area contributed by atoms with Gasteiger partial charge in [-0.1, -0.05) is 12.1 Å². The molecule has 0 radical (unpaired) electrons. The van der Waals surface area contributed by atoms with Crippen molar-refractivity contribution < 1.29 is 9.47 Å². The van der Waals surface area contributed by atoms with Crippen molar-refractivity contribution in [3.63, 3.8) is 0 Å². The van der Waals surface area contributed by atoms with Gasteiger partial charge in [0.1, 0.15) is 5.75 Å². The van der Waals surface area contributed by atoms with Crippen LogP contribution in [0.15, 0.2) is 18.2 Å². The molecule has 0 saturated heterocycles. The van der Waals surface area contributed by atoms with Gasteiger partial charge in [-0.15, -0.1) is 11.3 Å². The summed E-state index contributed by atoms with van der Waals surface area (Å²) < 4.78 is 11.7. The number of hydrogen-bond donors (Lipinski definition) is 1. The van der Waals surface area contributed by atoms with Crippen LogP contribution < -0.4 is 10.5 Å². The van der Waals surface area contributed by atoms with Gasteiger partial charge in [-0.2, -0.15) is 0 Å². The number of thiophene rings is 1. The van der Waals surface area contributed by atoms with Crippen molar-refractivity contribution in [2.24, 2.45) is 5.73 Å². The highest BCUT2D eigenvalue weighted by molar-refractivity contribution is 7.19. The molecule has 2 N–H and O–H groups in total. The number of rotatable bonds is 4. The average molecular weight is 237 g/mol. The summed E-state index contributed by atoms with van der Waals surface area (Å²) in [5, 5.41) is 1.19. The van der Waals surface area contributed by atoms with E-state index in [-0.39, 0.29) is 0 Å². The summed E-state index contributed by atoms with van der Waals surface area (Å²) >= 11 is 1.69. The first-order valence-corrected chi connectivity index (χ1v) is 5.89. The van der Waals surface area contributed by atoms with E-state index in [1.807, 2.05) is 12.1 Å². The van der Waals surface area contributed by atoms with Crippen molar-refractivity contribution in [1.82, 2.24) is 0 Å². The number of ether oxygens (including phenoxy) is 2. The second-order valence-electron chi connectivity index (χ2n) is 3.48. The van der Waals surface area contributed by atoms with Gasteiger partial charge < -0.3 is 15.2 Å². The minimum Gasteiger partial charge on any atom is -0.495 e. The monoisotopic (exact) mass is 237 g/mol. The number of nitrogens with two attached hydrogens (primary N) is 1. The second kappa shape index (κ2) is 4.82. The molecule has 0 bridgehead atoms. The zero-order valence-corrected chi connectivity index (χ0v) is 10.3. The van der Waals surface area contributed by atoms with Gasteiger partial charge in [0, 0.05) is 29.5 Å². The van der Waals surface area contributed by atoms with Crippen LogP contribution in [0.2, 0.25) is 0 Å². The fraction of sp³-hybridized carbons (Fsp3) is 0.333. The summed E-state index contributed by atoms with van der Waals surface area (Å²) in [7, 11) is 3.39. The first kappa shape index (κ1) is 11.4. The maximum Gasteiger partial charge on any atom is 0.136 e. The van der Waals surface area contributed by atoms with Crippen LogP contribution in [0.3, 0.4) is 0 Å². The molecule has 16 heavy (non-hydrogen) atoms. The van der Waals surface area contributed by atoms with Crippen LogP contribution in [0.4, 0.5) is 0 Å². The molecule has 0 aliphatic carbocycles. The summed E-state index contributed by atoms with van der Waals surface area (Å²) in [4.78, 5) is 1.17. The third-order valence-corrected chi connectivity index (χ3v) is 3.84. The van der Waals surface area contributed by atoms with Crippen molar-refractivity contribution in [1.29, 1.82) is 0 Å². The smallest absolute Gasteiger partial charge is 0.136 e. The Bertz CT molecular complexity index is 493. The predicted octanol–water partition coefficient (Wildman–Crippen LogP) is 2.52. The Balaban J connectivity index is 2.66. The third kappa shape index (κ3) is 1.80. The largest absolute Gasteiger partial charge is 0.495 e. The van der Waals surface area contributed by atoms with Gasteiger partial charge >= 0.3 is 0 Å². The first-order valence-electron chi connectivity index (χ1n) is 5.08. The molecule has 2 aromatic rings. The Morgan fingerprint density at radius 1 is 1.31 bits per heavy atom. The second-order valence-corrected chi connectivity index (χ2v) is 4.58. The standard InChI is InChI=1S/C12H15NO2S/c1-14-7-9-8-4-3-5-10(15-2)12(8)16-11(9)6-13/h3-5H,6-7,13H2,1-2H3. The quantitative estimate of drug-likeness (QED) is 0.888. The highest BCUT2D eigenvalue weighted by Crippen LogP contribution is 2.37. The fourth-order valence-electron chi connectivity index (χ4n) is 1.82. The van der Waals surface area contributed by atoms with Crippen LogP contribution in [-0.2, 0) is 17.9 Å². The zero-order chi connectivity index (χ0) is 11.5. The molecule has 1 aromatic carbocycles. The van der Waals surface area contributed by atoms with Crippen molar-refractivity contribution in [3.05, 3.63) is 28.6 Å². The van der Waals surface area contributed by atoms with E-state index in [4.69, 9.17) is 15.2 Å². The lowest BCUT2D eigenvalue weighted by Crippen LogP contribution is -1.98. The predicted molar refractivity (Wildman–Crippen MR) is 67.0 cm³/mol. The molecule has 3 nitrogen and oxygen atoms in total. The lowest BCUT2D eigenvalue weighted by atomic mass is 10.1. The van der Waals surface area contributed by atoms with Gasteiger partial charge in [0.25, 0.3) is 0 Å². The van der Waals surface area contributed by atoms with Crippen LogP contribution in [0.25, 0.3) is 10.1 Å². The zero-order valence-electron chi connectivity index (χ0n) is 9.45. The molecular weight excluding hydrogens is 222 g/mol. The van der Waals surface area contributed by atoms with E-state index in [1.165, 1.54) is 15.8 Å². The molecule has 0 aliphatic heterocycles. The Morgan fingerprint density at radius 2 is 2.12 bits per heavy atom. The van der Waals surface area contributed by atoms with Gasteiger partial charge in [0.15, 0.2) is 0 Å². The lowest BCUT2D eigenvalue weighted by molar-refractivity contribution is 0.185. The molecular formula is C12H15NO2S. The van der Waals surface area contributed by atoms with E-state index in [2.05, 4.69) is 6.07 Å². The minimum absolute atomic E-state index is 0.543. The van der Waals surface area contributed by atoms with Crippen molar-refractivity contribution >= 4 is 21.4 Å². The van der Waals surface area contributed by atoms with Gasteiger partial charge in [0.2, 0.25) is 0 Å². The van der Waals surface area contributed by atoms with Crippen LogP contribution in [0, 0.1) is 0 Å². The topological polar surface area (TPSA) is 44.5 Å². The van der Waals surface area contributed by atoms with Gasteiger partial charge in [-0.3, -0.25) is 0 Å². The van der Waals surface area contributed by atoms with Crippen molar-refractivity contribution in [2.75, 3.05) is 14.2 Å². The van der Waals surface area contributed by atoms with E-state index in [0.29, 0.717) is 13.2 Å².